The van der Waals surface area contributed by atoms with Crippen LogP contribution in [0.2, 0.25) is 0 Å². The van der Waals surface area contributed by atoms with Crippen LogP contribution in [-0.4, -0.2) is 16.0 Å². The highest BCUT2D eigenvalue weighted by molar-refractivity contribution is 7.98. The Labute approximate surface area is 125 Å². The molecule has 2 rings (SSSR count). The summed E-state index contributed by atoms with van der Waals surface area (Å²) in [6.45, 7) is 5.19. The van der Waals surface area contributed by atoms with Gasteiger partial charge in [0.05, 0.1) is 18.3 Å². The van der Waals surface area contributed by atoms with E-state index in [0.717, 1.165) is 30.8 Å². The molecule has 1 aromatic carbocycles. The molecule has 0 aliphatic heterocycles. The second kappa shape index (κ2) is 7.39. The third-order valence-electron chi connectivity index (χ3n) is 3.52. The first kappa shape index (κ1) is 15.0. The maximum atomic E-state index is 4.66. The van der Waals surface area contributed by atoms with Crippen molar-refractivity contribution in [3.8, 4) is 0 Å². The van der Waals surface area contributed by atoms with Crippen LogP contribution in [0.5, 0.6) is 0 Å². The lowest BCUT2D eigenvalue weighted by atomic mass is 10.2. The summed E-state index contributed by atoms with van der Waals surface area (Å²) < 4.78 is 2.09. The van der Waals surface area contributed by atoms with Crippen LogP contribution in [0, 0.1) is 0 Å². The van der Waals surface area contributed by atoms with Gasteiger partial charge in [-0.15, -0.1) is 11.8 Å². The normalized spacial score (nSPS) is 11.0. The quantitative estimate of drug-likeness (QED) is 0.757. The van der Waals surface area contributed by atoms with E-state index in [4.69, 9.17) is 0 Å². The molecule has 0 aliphatic rings. The van der Waals surface area contributed by atoms with Crippen LogP contribution in [-0.2, 0) is 6.54 Å². The maximum absolute atomic E-state index is 4.66. The first-order valence-electron chi connectivity index (χ1n) is 7.18. The minimum atomic E-state index is 0.517. The van der Waals surface area contributed by atoms with Crippen molar-refractivity contribution in [2.45, 2.75) is 44.2 Å². The lowest BCUT2D eigenvalue weighted by molar-refractivity contribution is 0.426. The van der Waals surface area contributed by atoms with E-state index in [1.165, 1.54) is 4.90 Å². The third kappa shape index (κ3) is 3.79. The summed E-state index contributed by atoms with van der Waals surface area (Å²) in [7, 11) is 0. The number of rotatable bonds is 7. The van der Waals surface area contributed by atoms with Crippen molar-refractivity contribution in [3.63, 3.8) is 0 Å². The number of anilines is 1. The summed E-state index contributed by atoms with van der Waals surface area (Å²) in [4.78, 5) is 1.28. The summed E-state index contributed by atoms with van der Waals surface area (Å²) >= 11 is 1.76. The molecule has 0 saturated carbocycles. The van der Waals surface area contributed by atoms with E-state index in [9.17, 15) is 0 Å². The molecule has 1 aromatic heterocycles. The number of hydrogen-bond acceptors (Lipinski definition) is 3. The molecule has 0 aliphatic carbocycles. The molecule has 3 nitrogen and oxygen atoms in total. The molecule has 0 radical (unpaired) electrons. The molecule has 1 heterocycles. The minimum absolute atomic E-state index is 0.517. The van der Waals surface area contributed by atoms with Crippen molar-refractivity contribution < 1.29 is 0 Å². The van der Waals surface area contributed by atoms with Gasteiger partial charge in [0.25, 0.3) is 0 Å². The fourth-order valence-corrected chi connectivity index (χ4v) is 2.72. The SMILES string of the molecule is CCC(CC)n1ccc(CNc2cccc(SC)c2)n1. The van der Waals surface area contributed by atoms with Crippen LogP contribution in [0.15, 0.2) is 41.4 Å². The van der Waals surface area contributed by atoms with Crippen molar-refractivity contribution in [3.05, 3.63) is 42.2 Å². The molecule has 0 bridgehead atoms. The standard InChI is InChI=1S/C16H23N3S/c1-4-15(5-2)19-10-9-14(18-19)12-17-13-7-6-8-16(11-13)20-3/h6-11,15,17H,4-5,12H2,1-3H3. The van der Waals surface area contributed by atoms with E-state index in [1.54, 1.807) is 11.8 Å². The Kier molecular flexibility index (Phi) is 5.53. The molecule has 2 aromatic rings. The van der Waals surface area contributed by atoms with Crippen molar-refractivity contribution in [2.75, 3.05) is 11.6 Å². The zero-order valence-electron chi connectivity index (χ0n) is 12.5. The Morgan fingerprint density at radius 2 is 2.05 bits per heavy atom. The van der Waals surface area contributed by atoms with Crippen LogP contribution in [0.25, 0.3) is 0 Å². The van der Waals surface area contributed by atoms with E-state index in [-0.39, 0.29) is 0 Å². The Morgan fingerprint density at radius 3 is 2.75 bits per heavy atom. The fraction of sp³-hybridized carbons (Fsp3) is 0.438. The summed E-state index contributed by atoms with van der Waals surface area (Å²) in [6.07, 6.45) is 6.44. The molecule has 0 fully saturated rings. The number of benzene rings is 1. The summed E-state index contributed by atoms with van der Waals surface area (Å²) in [5, 5.41) is 8.09. The van der Waals surface area contributed by atoms with Gasteiger partial charge < -0.3 is 5.32 Å². The van der Waals surface area contributed by atoms with Crippen LogP contribution >= 0.6 is 11.8 Å². The van der Waals surface area contributed by atoms with E-state index < -0.39 is 0 Å². The largest absolute Gasteiger partial charge is 0.379 e. The summed E-state index contributed by atoms with van der Waals surface area (Å²) in [6, 6.07) is 11.1. The minimum Gasteiger partial charge on any atom is -0.379 e. The summed E-state index contributed by atoms with van der Waals surface area (Å²) in [5.41, 5.74) is 2.24. The zero-order chi connectivity index (χ0) is 14.4. The second-order valence-electron chi connectivity index (χ2n) is 4.84. The first-order chi connectivity index (χ1) is 9.76. The zero-order valence-corrected chi connectivity index (χ0v) is 13.3. The second-order valence-corrected chi connectivity index (χ2v) is 5.72. The Balaban J connectivity index is 1.97. The predicted octanol–water partition coefficient (Wildman–Crippen LogP) is 4.58. The van der Waals surface area contributed by atoms with Gasteiger partial charge >= 0.3 is 0 Å². The first-order valence-corrected chi connectivity index (χ1v) is 8.41. The predicted molar refractivity (Wildman–Crippen MR) is 87.4 cm³/mol. The highest BCUT2D eigenvalue weighted by atomic mass is 32.2. The van der Waals surface area contributed by atoms with Crippen LogP contribution in [0.3, 0.4) is 0 Å². The third-order valence-corrected chi connectivity index (χ3v) is 4.25. The van der Waals surface area contributed by atoms with Gasteiger partial charge in [-0.05, 0) is 43.4 Å². The van der Waals surface area contributed by atoms with Gasteiger partial charge in [0.15, 0.2) is 0 Å². The number of nitrogens with zero attached hydrogens (tertiary/aromatic N) is 2. The van der Waals surface area contributed by atoms with Crippen LogP contribution < -0.4 is 5.32 Å². The Morgan fingerprint density at radius 1 is 1.25 bits per heavy atom. The average Bonchev–Trinajstić information content (AvgIpc) is 2.95. The van der Waals surface area contributed by atoms with E-state index >= 15 is 0 Å². The molecule has 0 unspecified atom stereocenters. The van der Waals surface area contributed by atoms with Crippen LogP contribution in [0.1, 0.15) is 38.4 Å². The van der Waals surface area contributed by atoms with Gasteiger partial charge in [0.2, 0.25) is 0 Å². The number of nitrogens with one attached hydrogen (secondary N) is 1. The lowest BCUT2D eigenvalue weighted by Crippen LogP contribution is -2.09. The van der Waals surface area contributed by atoms with Crippen molar-refractivity contribution in [1.82, 2.24) is 9.78 Å². The van der Waals surface area contributed by atoms with Gasteiger partial charge in [-0.25, -0.2) is 0 Å². The molecule has 0 saturated heterocycles. The highest BCUT2D eigenvalue weighted by Gasteiger charge is 2.07. The molecule has 4 heteroatoms. The maximum Gasteiger partial charge on any atom is 0.0815 e. The smallest absolute Gasteiger partial charge is 0.0815 e. The average molecular weight is 289 g/mol. The monoisotopic (exact) mass is 289 g/mol. The van der Waals surface area contributed by atoms with Gasteiger partial charge in [-0.1, -0.05) is 19.9 Å². The molecule has 0 amide bonds. The number of hydrogen-bond donors (Lipinski definition) is 1. The molecular weight excluding hydrogens is 266 g/mol. The lowest BCUT2D eigenvalue weighted by Gasteiger charge is -2.12. The van der Waals surface area contributed by atoms with Gasteiger partial charge in [0, 0.05) is 16.8 Å². The Bertz CT molecular complexity index is 532. The molecular formula is C16H23N3S. The van der Waals surface area contributed by atoms with Crippen molar-refractivity contribution >= 4 is 17.4 Å². The van der Waals surface area contributed by atoms with Crippen molar-refractivity contribution in [2.24, 2.45) is 0 Å². The highest BCUT2D eigenvalue weighted by Crippen LogP contribution is 2.19. The topological polar surface area (TPSA) is 29.9 Å². The molecule has 108 valence electrons. The van der Waals surface area contributed by atoms with E-state index in [2.05, 4.69) is 71.7 Å². The summed E-state index contributed by atoms with van der Waals surface area (Å²) in [5.74, 6) is 0. The fourth-order valence-electron chi connectivity index (χ4n) is 2.26. The van der Waals surface area contributed by atoms with E-state index in [0.29, 0.717) is 6.04 Å². The van der Waals surface area contributed by atoms with Gasteiger partial charge in [-0.3, -0.25) is 4.68 Å². The molecule has 0 atom stereocenters. The Hall–Kier alpha value is -1.42. The number of aromatic nitrogens is 2. The number of thioether (sulfide) groups is 1. The van der Waals surface area contributed by atoms with E-state index in [1.807, 2.05) is 0 Å². The molecule has 1 N–H and O–H groups in total. The van der Waals surface area contributed by atoms with Gasteiger partial charge in [0.1, 0.15) is 0 Å². The van der Waals surface area contributed by atoms with Gasteiger partial charge in [-0.2, -0.15) is 5.10 Å². The molecule has 0 spiro atoms. The van der Waals surface area contributed by atoms with Crippen LogP contribution in [0.4, 0.5) is 5.69 Å². The molecule has 20 heavy (non-hydrogen) atoms. The van der Waals surface area contributed by atoms with Crippen molar-refractivity contribution in [1.29, 1.82) is 0 Å².